The average Bonchev–Trinajstić information content (AvgIpc) is 3.38. The molecule has 0 bridgehead atoms. The number of carbonyl (C=O) groups excluding carboxylic acids is 2. The molecular formula is C27H22BrN3O4. The van der Waals surface area contributed by atoms with E-state index in [0.29, 0.717) is 11.1 Å². The second-order valence-electron chi connectivity index (χ2n) is 8.56. The molecule has 176 valence electrons. The third-order valence-electron chi connectivity index (χ3n) is 6.08. The average molecular weight is 532 g/mol. The number of benzene rings is 2. The summed E-state index contributed by atoms with van der Waals surface area (Å²) in [5, 5.41) is 11.7. The molecule has 0 saturated carbocycles. The second-order valence-corrected chi connectivity index (χ2v) is 9.48. The number of Topliss-reactive ketones (excluding diaryl/α,β-unsaturated/α-hetero) is 1. The Kier molecular flexibility index (Phi) is 5.90. The van der Waals surface area contributed by atoms with Crippen molar-refractivity contribution >= 4 is 44.3 Å². The number of hydrogen-bond acceptors (Lipinski definition) is 6. The number of amides is 1. The number of halogens is 1. The maximum atomic E-state index is 13.7. The number of aliphatic hydroxyl groups is 1. The van der Waals surface area contributed by atoms with E-state index in [1.54, 1.807) is 36.7 Å². The highest BCUT2D eigenvalue weighted by Crippen LogP contribution is 2.41. The number of pyridine rings is 1. The Morgan fingerprint density at radius 1 is 1.09 bits per heavy atom. The number of nitrogens with zero attached hydrogens (tertiary/aromatic N) is 3. The van der Waals surface area contributed by atoms with Gasteiger partial charge in [-0.1, -0.05) is 28.1 Å². The molecule has 1 aliphatic rings. The Morgan fingerprint density at radius 3 is 2.49 bits per heavy atom. The fraction of sp³-hybridized carbons (Fsp3) is 0.148. The Morgan fingerprint density at radius 2 is 1.80 bits per heavy atom. The van der Waals surface area contributed by atoms with Gasteiger partial charge in [-0.2, -0.15) is 0 Å². The van der Waals surface area contributed by atoms with Crippen molar-refractivity contribution in [3.8, 4) is 0 Å². The van der Waals surface area contributed by atoms with Crippen molar-refractivity contribution in [1.29, 1.82) is 0 Å². The molecule has 8 heteroatoms. The lowest BCUT2D eigenvalue weighted by atomic mass is 9.94. The van der Waals surface area contributed by atoms with Crippen LogP contribution in [0.15, 0.2) is 93.3 Å². The summed E-state index contributed by atoms with van der Waals surface area (Å²) < 4.78 is 6.66. The standard InChI is InChI=1S/C27H22BrN3O4/c1-30(2)20-6-3-17(4-7-20)24-23(25(32)22-14-18-13-19(28)5-8-21(18)35-22)26(33)27(34)31(24)15-16-9-11-29-12-10-16/h3-14,24,33H,15H2,1-2H3. The highest BCUT2D eigenvalue weighted by molar-refractivity contribution is 9.10. The summed E-state index contributed by atoms with van der Waals surface area (Å²) in [6.45, 7) is 0.204. The molecule has 0 aliphatic carbocycles. The Labute approximate surface area is 210 Å². The van der Waals surface area contributed by atoms with Crippen LogP contribution in [0.25, 0.3) is 11.0 Å². The first-order chi connectivity index (χ1) is 16.8. The van der Waals surface area contributed by atoms with Gasteiger partial charge in [0.2, 0.25) is 5.78 Å². The molecule has 35 heavy (non-hydrogen) atoms. The molecule has 2 aromatic heterocycles. The highest BCUT2D eigenvalue weighted by Gasteiger charge is 2.44. The van der Waals surface area contributed by atoms with E-state index in [2.05, 4.69) is 20.9 Å². The van der Waals surface area contributed by atoms with Crippen LogP contribution in [0.3, 0.4) is 0 Å². The van der Waals surface area contributed by atoms with Gasteiger partial charge in [0, 0.05) is 48.6 Å². The van der Waals surface area contributed by atoms with Gasteiger partial charge < -0.3 is 19.3 Å². The van der Waals surface area contributed by atoms with Crippen LogP contribution in [0.5, 0.6) is 0 Å². The van der Waals surface area contributed by atoms with E-state index in [9.17, 15) is 14.7 Å². The summed E-state index contributed by atoms with van der Waals surface area (Å²) in [6.07, 6.45) is 3.28. The van der Waals surface area contributed by atoms with E-state index in [1.807, 2.05) is 55.4 Å². The first-order valence-corrected chi connectivity index (χ1v) is 11.8. The van der Waals surface area contributed by atoms with Crippen LogP contribution in [-0.2, 0) is 11.3 Å². The molecule has 1 unspecified atom stereocenters. The zero-order chi connectivity index (χ0) is 24.7. The van der Waals surface area contributed by atoms with Crippen LogP contribution in [0.1, 0.15) is 27.7 Å². The van der Waals surface area contributed by atoms with Crippen LogP contribution >= 0.6 is 15.9 Å². The van der Waals surface area contributed by atoms with Gasteiger partial charge in [0.05, 0.1) is 11.6 Å². The minimum Gasteiger partial charge on any atom is -0.503 e. The number of fused-ring (bicyclic) bond motifs is 1. The zero-order valence-corrected chi connectivity index (χ0v) is 20.7. The van der Waals surface area contributed by atoms with Gasteiger partial charge in [0.25, 0.3) is 5.91 Å². The molecule has 1 amide bonds. The molecule has 4 aromatic rings. The van der Waals surface area contributed by atoms with Crippen molar-refractivity contribution in [1.82, 2.24) is 9.88 Å². The molecule has 0 radical (unpaired) electrons. The summed E-state index contributed by atoms with van der Waals surface area (Å²) in [5.41, 5.74) is 3.06. The molecule has 1 N–H and O–H groups in total. The number of furan rings is 1. The maximum absolute atomic E-state index is 13.7. The molecule has 0 spiro atoms. The van der Waals surface area contributed by atoms with Crippen molar-refractivity contribution in [2.45, 2.75) is 12.6 Å². The summed E-state index contributed by atoms with van der Waals surface area (Å²) in [7, 11) is 3.87. The van der Waals surface area contributed by atoms with E-state index in [4.69, 9.17) is 4.42 Å². The predicted molar refractivity (Wildman–Crippen MR) is 136 cm³/mol. The van der Waals surface area contributed by atoms with E-state index < -0.39 is 23.5 Å². The molecule has 1 atom stereocenters. The highest BCUT2D eigenvalue weighted by atomic mass is 79.9. The molecule has 3 heterocycles. The van der Waals surface area contributed by atoms with Gasteiger partial charge in [-0.25, -0.2) is 0 Å². The Bertz CT molecular complexity index is 1460. The normalized spacial score (nSPS) is 15.8. The monoisotopic (exact) mass is 531 g/mol. The van der Waals surface area contributed by atoms with E-state index in [-0.39, 0.29) is 17.9 Å². The smallest absolute Gasteiger partial charge is 0.290 e. The van der Waals surface area contributed by atoms with Crippen molar-refractivity contribution < 1.29 is 19.1 Å². The van der Waals surface area contributed by atoms with Crippen LogP contribution in [0.4, 0.5) is 5.69 Å². The lowest BCUT2D eigenvalue weighted by Crippen LogP contribution is -2.30. The summed E-state index contributed by atoms with van der Waals surface area (Å²) in [6, 6.07) is 17.4. The van der Waals surface area contributed by atoms with Crippen LogP contribution in [0, 0.1) is 0 Å². The van der Waals surface area contributed by atoms with Crippen LogP contribution in [0.2, 0.25) is 0 Å². The van der Waals surface area contributed by atoms with Gasteiger partial charge in [0.1, 0.15) is 5.58 Å². The third kappa shape index (κ3) is 4.21. The van der Waals surface area contributed by atoms with Crippen molar-refractivity contribution in [2.75, 3.05) is 19.0 Å². The molecule has 7 nitrogen and oxygen atoms in total. The number of hydrogen-bond donors (Lipinski definition) is 1. The maximum Gasteiger partial charge on any atom is 0.290 e. The Balaban J connectivity index is 1.59. The minimum atomic E-state index is -0.778. The topological polar surface area (TPSA) is 86.9 Å². The summed E-state index contributed by atoms with van der Waals surface area (Å²) >= 11 is 3.42. The number of aliphatic hydroxyl groups excluding tert-OH is 1. The SMILES string of the molecule is CN(C)c1ccc(C2C(C(=O)c3cc4cc(Br)ccc4o3)=C(O)C(=O)N2Cc2ccncc2)cc1. The van der Waals surface area contributed by atoms with Gasteiger partial charge in [0.15, 0.2) is 11.5 Å². The lowest BCUT2D eigenvalue weighted by Gasteiger charge is -2.27. The molecule has 0 fully saturated rings. The van der Waals surface area contributed by atoms with Crippen LogP contribution in [-0.4, -0.2) is 40.8 Å². The van der Waals surface area contributed by atoms with Crippen molar-refractivity contribution in [3.63, 3.8) is 0 Å². The van der Waals surface area contributed by atoms with Gasteiger partial charge in [-0.15, -0.1) is 0 Å². The Hall–Kier alpha value is -3.91. The number of rotatable bonds is 6. The quantitative estimate of drug-likeness (QED) is 0.333. The van der Waals surface area contributed by atoms with Crippen molar-refractivity contribution in [2.24, 2.45) is 0 Å². The fourth-order valence-electron chi connectivity index (χ4n) is 4.29. The second kappa shape index (κ2) is 9.03. The minimum absolute atomic E-state index is 0.000203. The first-order valence-electron chi connectivity index (χ1n) is 11.0. The van der Waals surface area contributed by atoms with E-state index in [1.165, 1.54) is 4.90 Å². The van der Waals surface area contributed by atoms with Gasteiger partial charge >= 0.3 is 0 Å². The molecular weight excluding hydrogens is 510 g/mol. The van der Waals surface area contributed by atoms with Gasteiger partial charge in [-0.05, 0) is 59.7 Å². The lowest BCUT2D eigenvalue weighted by molar-refractivity contribution is -0.130. The predicted octanol–water partition coefficient (Wildman–Crippen LogP) is 5.43. The van der Waals surface area contributed by atoms with E-state index in [0.717, 1.165) is 21.1 Å². The third-order valence-corrected chi connectivity index (χ3v) is 6.57. The molecule has 5 rings (SSSR count). The first kappa shape index (κ1) is 22.9. The van der Waals surface area contributed by atoms with Crippen molar-refractivity contribution in [3.05, 3.63) is 106 Å². The van der Waals surface area contributed by atoms with Gasteiger partial charge in [-0.3, -0.25) is 14.6 Å². The number of aromatic nitrogens is 1. The molecule has 2 aromatic carbocycles. The number of ketones is 1. The number of anilines is 1. The fourth-order valence-corrected chi connectivity index (χ4v) is 4.67. The van der Waals surface area contributed by atoms with E-state index >= 15 is 0 Å². The summed E-state index contributed by atoms with van der Waals surface area (Å²) in [4.78, 5) is 34.4. The molecule has 1 aliphatic heterocycles. The largest absolute Gasteiger partial charge is 0.503 e. The molecule has 0 saturated heterocycles. The zero-order valence-electron chi connectivity index (χ0n) is 19.1. The summed E-state index contributed by atoms with van der Waals surface area (Å²) in [5.74, 6) is -1.63. The number of carbonyl (C=O) groups is 2. The van der Waals surface area contributed by atoms with Crippen LogP contribution < -0.4 is 4.90 Å².